The van der Waals surface area contributed by atoms with Gasteiger partial charge in [0.2, 0.25) is 0 Å². The van der Waals surface area contributed by atoms with E-state index in [-0.39, 0.29) is 0 Å². The minimum Gasteiger partial charge on any atom is -0.364 e. The van der Waals surface area contributed by atoms with Crippen LogP contribution in [0.3, 0.4) is 0 Å². The predicted molar refractivity (Wildman–Crippen MR) is 49.2 cm³/mol. The Morgan fingerprint density at radius 3 is 3.00 bits per heavy atom. The van der Waals surface area contributed by atoms with Crippen LogP contribution >= 0.6 is 0 Å². The Hall–Kier alpha value is -1.38. The van der Waals surface area contributed by atoms with E-state index in [1.54, 1.807) is 12.3 Å². The molecule has 0 bridgehead atoms. The van der Waals surface area contributed by atoms with Crippen molar-refractivity contribution in [3.05, 3.63) is 29.6 Å². The molecule has 0 spiro atoms. The van der Waals surface area contributed by atoms with Gasteiger partial charge in [-0.2, -0.15) is 0 Å². The molecule has 1 fully saturated rings. The summed E-state index contributed by atoms with van der Waals surface area (Å²) in [4.78, 5) is 14.7. The maximum atomic E-state index is 10.8. The van der Waals surface area contributed by atoms with Gasteiger partial charge < -0.3 is 5.73 Å². The summed E-state index contributed by atoms with van der Waals surface area (Å²) >= 11 is 0. The number of pyridine rings is 1. The molecule has 1 amide bonds. The zero-order valence-electron chi connectivity index (χ0n) is 7.36. The summed E-state index contributed by atoms with van der Waals surface area (Å²) in [6, 6.07) is 3.74. The highest BCUT2D eigenvalue weighted by molar-refractivity contribution is 5.90. The van der Waals surface area contributed by atoms with Crippen LogP contribution in [0.15, 0.2) is 18.3 Å². The molecule has 13 heavy (non-hydrogen) atoms. The number of carbonyl (C=O) groups is 1. The summed E-state index contributed by atoms with van der Waals surface area (Å²) < 4.78 is 0. The molecule has 1 aliphatic rings. The van der Waals surface area contributed by atoms with Gasteiger partial charge in [0.25, 0.3) is 5.91 Å². The molecule has 3 heteroatoms. The maximum Gasteiger partial charge on any atom is 0.267 e. The monoisotopic (exact) mass is 176 g/mol. The van der Waals surface area contributed by atoms with Crippen molar-refractivity contribution in [3.8, 4) is 0 Å². The molecule has 0 radical (unpaired) electrons. The number of rotatable bonds is 3. The fourth-order valence-corrected chi connectivity index (χ4v) is 1.39. The van der Waals surface area contributed by atoms with Crippen LogP contribution in [0, 0.1) is 5.92 Å². The molecule has 1 aromatic heterocycles. The highest BCUT2D eigenvalue weighted by Crippen LogP contribution is 2.32. The lowest BCUT2D eigenvalue weighted by Crippen LogP contribution is -2.13. The molecule has 0 atom stereocenters. The standard InChI is InChI=1S/C10H12N2O/c11-10(13)9-6-8(3-4-12-9)5-7-1-2-7/h3-4,6-7H,1-2,5H2,(H2,11,13). The largest absolute Gasteiger partial charge is 0.364 e. The summed E-state index contributed by atoms with van der Waals surface area (Å²) in [6.07, 6.45) is 5.34. The minimum atomic E-state index is -0.447. The molecule has 2 N–H and O–H groups in total. The van der Waals surface area contributed by atoms with E-state index in [2.05, 4.69) is 4.98 Å². The average molecular weight is 176 g/mol. The number of amides is 1. The third kappa shape index (κ3) is 2.05. The zero-order valence-corrected chi connectivity index (χ0v) is 7.36. The van der Waals surface area contributed by atoms with Gasteiger partial charge in [0.15, 0.2) is 0 Å². The number of carbonyl (C=O) groups excluding carboxylic acids is 1. The highest BCUT2D eigenvalue weighted by Gasteiger charge is 2.21. The van der Waals surface area contributed by atoms with Crippen molar-refractivity contribution in [2.24, 2.45) is 11.7 Å². The first-order valence-electron chi connectivity index (χ1n) is 4.50. The van der Waals surface area contributed by atoms with Crippen LogP contribution < -0.4 is 5.73 Å². The molecule has 1 aliphatic carbocycles. The lowest BCUT2D eigenvalue weighted by atomic mass is 10.1. The minimum absolute atomic E-state index is 0.373. The van der Waals surface area contributed by atoms with Crippen molar-refractivity contribution >= 4 is 5.91 Å². The molecule has 3 nitrogen and oxygen atoms in total. The van der Waals surface area contributed by atoms with Gasteiger partial charge in [-0.15, -0.1) is 0 Å². The van der Waals surface area contributed by atoms with E-state index in [0.717, 1.165) is 12.3 Å². The van der Waals surface area contributed by atoms with Crippen LogP contribution in [-0.4, -0.2) is 10.9 Å². The smallest absolute Gasteiger partial charge is 0.267 e. The third-order valence-corrected chi connectivity index (χ3v) is 2.30. The number of aromatic nitrogens is 1. The van der Waals surface area contributed by atoms with Crippen LogP contribution in [0.4, 0.5) is 0 Å². The second-order valence-corrected chi connectivity index (χ2v) is 3.56. The average Bonchev–Trinajstić information content (AvgIpc) is 2.89. The van der Waals surface area contributed by atoms with Crippen molar-refractivity contribution in [1.82, 2.24) is 4.98 Å². The van der Waals surface area contributed by atoms with Gasteiger partial charge in [0.1, 0.15) is 5.69 Å². The van der Waals surface area contributed by atoms with Gasteiger partial charge in [-0.3, -0.25) is 9.78 Å². The molecule has 0 saturated heterocycles. The van der Waals surface area contributed by atoms with Gasteiger partial charge >= 0.3 is 0 Å². The van der Waals surface area contributed by atoms with Crippen LogP contribution in [0.5, 0.6) is 0 Å². The Morgan fingerprint density at radius 2 is 2.38 bits per heavy atom. The van der Waals surface area contributed by atoms with Gasteiger partial charge in [0, 0.05) is 6.20 Å². The fourth-order valence-electron chi connectivity index (χ4n) is 1.39. The van der Waals surface area contributed by atoms with E-state index in [0.29, 0.717) is 5.69 Å². The first kappa shape index (κ1) is 8.23. The van der Waals surface area contributed by atoms with Crippen LogP contribution in [0.2, 0.25) is 0 Å². The Labute approximate surface area is 77.0 Å². The predicted octanol–water partition coefficient (Wildman–Crippen LogP) is 1.13. The highest BCUT2D eigenvalue weighted by atomic mass is 16.1. The van der Waals surface area contributed by atoms with Crippen molar-refractivity contribution in [1.29, 1.82) is 0 Å². The number of nitrogens with two attached hydrogens (primary N) is 1. The van der Waals surface area contributed by atoms with Gasteiger partial charge in [0.05, 0.1) is 0 Å². The normalized spacial score (nSPS) is 15.7. The summed E-state index contributed by atoms with van der Waals surface area (Å²) in [5.41, 5.74) is 6.67. The molecule has 2 rings (SSSR count). The molecule has 1 heterocycles. The Bertz CT molecular complexity index is 331. The van der Waals surface area contributed by atoms with Crippen molar-refractivity contribution < 1.29 is 4.79 Å². The van der Waals surface area contributed by atoms with Crippen LogP contribution in [0.25, 0.3) is 0 Å². The Morgan fingerprint density at radius 1 is 1.62 bits per heavy atom. The second-order valence-electron chi connectivity index (χ2n) is 3.56. The molecule has 1 aromatic rings. The summed E-state index contributed by atoms with van der Waals surface area (Å²) in [6.45, 7) is 0. The van der Waals surface area contributed by atoms with Crippen molar-refractivity contribution in [3.63, 3.8) is 0 Å². The summed E-state index contributed by atoms with van der Waals surface area (Å²) in [5.74, 6) is 0.376. The van der Waals surface area contributed by atoms with Gasteiger partial charge in [-0.05, 0) is 42.9 Å². The van der Waals surface area contributed by atoms with Crippen LogP contribution in [0.1, 0.15) is 28.9 Å². The third-order valence-electron chi connectivity index (χ3n) is 2.30. The second kappa shape index (κ2) is 3.17. The van der Waals surface area contributed by atoms with Gasteiger partial charge in [-0.25, -0.2) is 0 Å². The number of hydrogen-bond acceptors (Lipinski definition) is 2. The van der Waals surface area contributed by atoms with E-state index < -0.39 is 5.91 Å². The summed E-state index contributed by atoms with van der Waals surface area (Å²) in [5, 5.41) is 0. The van der Waals surface area contributed by atoms with Gasteiger partial charge in [-0.1, -0.05) is 0 Å². The lowest BCUT2D eigenvalue weighted by molar-refractivity contribution is 0.0995. The topological polar surface area (TPSA) is 56.0 Å². The molecule has 0 unspecified atom stereocenters. The van der Waals surface area contributed by atoms with E-state index in [9.17, 15) is 4.79 Å². The Balaban J connectivity index is 2.15. The first-order chi connectivity index (χ1) is 6.25. The van der Waals surface area contributed by atoms with E-state index >= 15 is 0 Å². The quantitative estimate of drug-likeness (QED) is 0.750. The number of nitrogens with zero attached hydrogens (tertiary/aromatic N) is 1. The molecule has 1 saturated carbocycles. The molecular weight excluding hydrogens is 164 g/mol. The SMILES string of the molecule is NC(=O)c1cc(CC2CC2)ccn1. The number of hydrogen-bond donors (Lipinski definition) is 1. The van der Waals surface area contributed by atoms with E-state index in [4.69, 9.17) is 5.73 Å². The van der Waals surface area contributed by atoms with E-state index in [1.165, 1.54) is 18.4 Å². The van der Waals surface area contributed by atoms with Crippen LogP contribution in [-0.2, 0) is 6.42 Å². The van der Waals surface area contributed by atoms with Crippen molar-refractivity contribution in [2.45, 2.75) is 19.3 Å². The first-order valence-corrected chi connectivity index (χ1v) is 4.50. The zero-order chi connectivity index (χ0) is 9.26. The lowest BCUT2D eigenvalue weighted by Gasteiger charge is -2.00. The summed E-state index contributed by atoms with van der Waals surface area (Å²) in [7, 11) is 0. The Kier molecular flexibility index (Phi) is 2.00. The van der Waals surface area contributed by atoms with E-state index in [1.807, 2.05) is 6.07 Å². The molecule has 68 valence electrons. The fraction of sp³-hybridized carbons (Fsp3) is 0.400. The molecular formula is C10H12N2O. The molecule has 0 aliphatic heterocycles. The molecule has 0 aromatic carbocycles. The van der Waals surface area contributed by atoms with Crippen molar-refractivity contribution in [2.75, 3.05) is 0 Å². The maximum absolute atomic E-state index is 10.8. The number of primary amides is 1.